The number of aryl methyl sites for hydroxylation is 2. The molecule has 0 aliphatic rings. The summed E-state index contributed by atoms with van der Waals surface area (Å²) in [7, 11) is 1.91. The molecule has 5 heteroatoms. The fourth-order valence-electron chi connectivity index (χ4n) is 2.90. The highest BCUT2D eigenvalue weighted by Crippen LogP contribution is 2.21. The number of anilines is 2. The molecule has 2 heterocycles. The molecule has 2 N–H and O–H groups in total. The van der Waals surface area contributed by atoms with E-state index in [0.29, 0.717) is 0 Å². The van der Waals surface area contributed by atoms with Crippen LogP contribution in [0.5, 0.6) is 0 Å². The lowest BCUT2D eigenvalue weighted by atomic mass is 10.2. The van der Waals surface area contributed by atoms with E-state index in [1.807, 2.05) is 17.8 Å². The lowest BCUT2D eigenvalue weighted by Crippen LogP contribution is -2.12. The van der Waals surface area contributed by atoms with E-state index in [9.17, 15) is 0 Å². The van der Waals surface area contributed by atoms with Crippen LogP contribution >= 0.6 is 0 Å². The largest absolute Gasteiger partial charge is 0.383 e. The summed E-state index contributed by atoms with van der Waals surface area (Å²) in [4.78, 5) is 0. The van der Waals surface area contributed by atoms with Gasteiger partial charge in [-0.05, 0) is 37.6 Å². The van der Waals surface area contributed by atoms with Gasteiger partial charge in [0.15, 0.2) is 0 Å². The topological polar surface area (TPSA) is 46.8 Å². The average molecular weight is 335 g/mol. The molecule has 0 amide bonds. The molecule has 0 bridgehead atoms. The van der Waals surface area contributed by atoms with Crippen LogP contribution in [0.25, 0.3) is 5.70 Å². The average Bonchev–Trinajstić information content (AvgIpc) is 3.17. The second-order valence-electron chi connectivity index (χ2n) is 6.19. The summed E-state index contributed by atoms with van der Waals surface area (Å²) >= 11 is 0. The van der Waals surface area contributed by atoms with Gasteiger partial charge in [-0.15, -0.1) is 0 Å². The van der Waals surface area contributed by atoms with Crippen LogP contribution < -0.4 is 10.6 Å². The number of hydrogen-bond acceptors (Lipinski definition) is 3. The Morgan fingerprint density at radius 1 is 1.12 bits per heavy atom. The van der Waals surface area contributed by atoms with Gasteiger partial charge in [-0.2, -0.15) is 5.10 Å². The fourth-order valence-corrected chi connectivity index (χ4v) is 2.90. The maximum Gasteiger partial charge on any atom is 0.0835 e. The van der Waals surface area contributed by atoms with Gasteiger partial charge < -0.3 is 15.2 Å². The molecule has 0 aliphatic heterocycles. The van der Waals surface area contributed by atoms with Crippen LogP contribution in [-0.2, 0) is 13.6 Å². The standard InChI is InChI=1S/C20H25N5/c1-15-7-5-6-8-18(15)21-12-14-25-13-10-19(17(25)3)23-16(2)20-9-11-22-24(20)4/h5-11,13,21,23H,2,12,14H2,1,3-4H3. The molecular weight excluding hydrogens is 310 g/mol. The van der Waals surface area contributed by atoms with Gasteiger partial charge in [-0.1, -0.05) is 24.8 Å². The lowest BCUT2D eigenvalue weighted by Gasteiger charge is -2.13. The highest BCUT2D eigenvalue weighted by Gasteiger charge is 2.08. The van der Waals surface area contributed by atoms with Crippen molar-refractivity contribution in [2.45, 2.75) is 20.4 Å². The predicted molar refractivity (Wildman–Crippen MR) is 105 cm³/mol. The van der Waals surface area contributed by atoms with E-state index in [0.717, 1.165) is 30.2 Å². The minimum Gasteiger partial charge on any atom is -0.383 e. The molecule has 0 saturated heterocycles. The van der Waals surface area contributed by atoms with E-state index in [1.54, 1.807) is 6.20 Å². The van der Waals surface area contributed by atoms with Crippen LogP contribution in [0.4, 0.5) is 11.4 Å². The van der Waals surface area contributed by atoms with Crippen LogP contribution in [0.1, 0.15) is 17.0 Å². The monoisotopic (exact) mass is 335 g/mol. The third-order valence-electron chi connectivity index (χ3n) is 4.47. The van der Waals surface area contributed by atoms with Gasteiger partial charge in [-0.3, -0.25) is 4.68 Å². The Morgan fingerprint density at radius 2 is 1.92 bits per heavy atom. The normalized spacial score (nSPS) is 10.7. The summed E-state index contributed by atoms with van der Waals surface area (Å²) in [6.07, 6.45) is 3.88. The van der Waals surface area contributed by atoms with Crippen molar-refractivity contribution < 1.29 is 0 Å². The Hall–Kier alpha value is -2.95. The van der Waals surface area contributed by atoms with Gasteiger partial charge >= 0.3 is 0 Å². The predicted octanol–water partition coefficient (Wildman–Crippen LogP) is 4.03. The van der Waals surface area contributed by atoms with E-state index in [4.69, 9.17) is 0 Å². The highest BCUT2D eigenvalue weighted by atomic mass is 15.3. The molecule has 2 aromatic heterocycles. The Bertz CT molecular complexity index is 872. The molecule has 0 saturated carbocycles. The number of aromatic nitrogens is 3. The van der Waals surface area contributed by atoms with Crippen molar-refractivity contribution in [1.29, 1.82) is 0 Å². The molecule has 0 atom stereocenters. The van der Waals surface area contributed by atoms with E-state index in [1.165, 1.54) is 16.9 Å². The van der Waals surface area contributed by atoms with E-state index < -0.39 is 0 Å². The summed E-state index contributed by atoms with van der Waals surface area (Å²) in [6.45, 7) is 10.1. The minimum absolute atomic E-state index is 0.846. The SMILES string of the molecule is C=C(Nc1ccn(CCNc2ccccc2C)c1C)c1ccnn1C. The second kappa shape index (κ2) is 7.30. The van der Waals surface area contributed by atoms with Gasteiger partial charge in [0.05, 0.1) is 17.1 Å². The summed E-state index contributed by atoms with van der Waals surface area (Å²) in [5.41, 5.74) is 6.54. The molecule has 25 heavy (non-hydrogen) atoms. The first-order valence-electron chi connectivity index (χ1n) is 8.46. The lowest BCUT2D eigenvalue weighted by molar-refractivity contribution is 0.712. The van der Waals surface area contributed by atoms with E-state index in [-0.39, 0.29) is 0 Å². The van der Waals surface area contributed by atoms with Gasteiger partial charge in [0, 0.05) is 43.9 Å². The molecule has 0 aliphatic carbocycles. The number of nitrogens with zero attached hydrogens (tertiary/aromatic N) is 3. The maximum absolute atomic E-state index is 4.19. The number of para-hydroxylation sites is 1. The first-order chi connectivity index (χ1) is 12.1. The Balaban J connectivity index is 1.60. The van der Waals surface area contributed by atoms with Gasteiger partial charge in [-0.25, -0.2) is 0 Å². The first-order valence-corrected chi connectivity index (χ1v) is 8.46. The van der Waals surface area contributed by atoms with Crippen LogP contribution in [0, 0.1) is 13.8 Å². The fraction of sp³-hybridized carbons (Fsp3) is 0.250. The summed E-state index contributed by atoms with van der Waals surface area (Å²) in [6, 6.07) is 12.4. The van der Waals surface area contributed by atoms with Crippen molar-refractivity contribution in [3.63, 3.8) is 0 Å². The number of benzene rings is 1. The van der Waals surface area contributed by atoms with Gasteiger partial charge in [0.25, 0.3) is 0 Å². The van der Waals surface area contributed by atoms with Crippen LogP contribution in [0.3, 0.4) is 0 Å². The Labute approximate surface area is 149 Å². The molecule has 3 aromatic rings. The van der Waals surface area contributed by atoms with Crippen molar-refractivity contribution in [3.8, 4) is 0 Å². The molecule has 0 unspecified atom stereocenters. The van der Waals surface area contributed by atoms with Crippen molar-refractivity contribution in [3.05, 3.63) is 72.3 Å². The minimum atomic E-state index is 0.846. The van der Waals surface area contributed by atoms with Crippen molar-refractivity contribution in [1.82, 2.24) is 14.3 Å². The summed E-state index contributed by atoms with van der Waals surface area (Å²) in [5.74, 6) is 0. The third-order valence-corrected chi connectivity index (χ3v) is 4.47. The number of rotatable bonds is 7. The number of hydrogen-bond donors (Lipinski definition) is 2. The molecule has 0 fully saturated rings. The quantitative estimate of drug-likeness (QED) is 0.685. The van der Waals surface area contributed by atoms with Crippen LogP contribution in [-0.4, -0.2) is 20.9 Å². The second-order valence-corrected chi connectivity index (χ2v) is 6.19. The Kier molecular flexibility index (Phi) is 4.93. The molecule has 1 aromatic carbocycles. The van der Waals surface area contributed by atoms with Gasteiger partial charge in [0.2, 0.25) is 0 Å². The molecule has 0 radical (unpaired) electrons. The zero-order valence-electron chi connectivity index (χ0n) is 15.1. The number of nitrogens with one attached hydrogen (secondary N) is 2. The molecule has 130 valence electrons. The van der Waals surface area contributed by atoms with Crippen LogP contribution in [0.15, 0.2) is 55.4 Å². The molecule has 5 nitrogen and oxygen atoms in total. The van der Waals surface area contributed by atoms with Crippen LogP contribution in [0.2, 0.25) is 0 Å². The van der Waals surface area contributed by atoms with Crippen molar-refractivity contribution in [2.75, 3.05) is 17.2 Å². The highest BCUT2D eigenvalue weighted by molar-refractivity contribution is 5.74. The van der Waals surface area contributed by atoms with Crippen molar-refractivity contribution >= 4 is 17.1 Å². The smallest absolute Gasteiger partial charge is 0.0835 e. The van der Waals surface area contributed by atoms with E-state index >= 15 is 0 Å². The third kappa shape index (κ3) is 3.76. The van der Waals surface area contributed by atoms with Gasteiger partial charge in [0.1, 0.15) is 0 Å². The summed E-state index contributed by atoms with van der Waals surface area (Å²) in [5, 5.41) is 11.1. The summed E-state index contributed by atoms with van der Waals surface area (Å²) < 4.78 is 4.05. The molecule has 3 rings (SSSR count). The first kappa shape index (κ1) is 16.9. The maximum atomic E-state index is 4.19. The molecule has 0 spiro atoms. The van der Waals surface area contributed by atoms with E-state index in [2.05, 4.69) is 77.3 Å². The zero-order chi connectivity index (χ0) is 17.8. The molecular formula is C20H25N5. The zero-order valence-corrected chi connectivity index (χ0v) is 15.1. The Morgan fingerprint density at radius 3 is 2.64 bits per heavy atom. The van der Waals surface area contributed by atoms with Crippen molar-refractivity contribution in [2.24, 2.45) is 7.05 Å².